The fraction of sp³-hybridized carbons (Fsp3) is 0.316. The molecule has 1 heterocycles. The standard InChI is InChI=1S/C19H20N4O7/c1-2-30-18-6-3-13(11-17(18)23(27)28)19(24)20-15-5-4-14(22(25)26)12-16(15)21-7-9-29-10-8-21/h3-6,11-12H,2,7-10H2,1H3,(H,20,24). The second-order valence-corrected chi connectivity index (χ2v) is 6.38. The molecule has 0 bridgehead atoms. The number of hydrogen-bond donors (Lipinski definition) is 1. The van der Waals surface area contributed by atoms with Crippen LogP contribution in [-0.4, -0.2) is 48.7 Å². The van der Waals surface area contributed by atoms with Crippen molar-refractivity contribution < 1.29 is 24.1 Å². The largest absolute Gasteiger partial charge is 0.487 e. The minimum atomic E-state index is -0.618. The van der Waals surface area contributed by atoms with Crippen molar-refractivity contribution in [2.24, 2.45) is 0 Å². The fourth-order valence-electron chi connectivity index (χ4n) is 3.08. The minimum Gasteiger partial charge on any atom is -0.487 e. The van der Waals surface area contributed by atoms with E-state index >= 15 is 0 Å². The summed E-state index contributed by atoms with van der Waals surface area (Å²) < 4.78 is 10.5. The topological polar surface area (TPSA) is 137 Å². The normalized spacial score (nSPS) is 13.6. The van der Waals surface area contributed by atoms with Crippen molar-refractivity contribution in [1.29, 1.82) is 0 Å². The third-order valence-electron chi connectivity index (χ3n) is 4.51. The summed E-state index contributed by atoms with van der Waals surface area (Å²) in [6.07, 6.45) is 0. The van der Waals surface area contributed by atoms with E-state index < -0.39 is 15.8 Å². The van der Waals surface area contributed by atoms with E-state index in [9.17, 15) is 25.0 Å². The summed E-state index contributed by atoms with van der Waals surface area (Å²) in [5, 5.41) is 25.2. The highest BCUT2D eigenvalue weighted by atomic mass is 16.6. The highest BCUT2D eigenvalue weighted by Gasteiger charge is 2.22. The molecule has 0 radical (unpaired) electrons. The minimum absolute atomic E-state index is 0.0661. The summed E-state index contributed by atoms with van der Waals surface area (Å²) in [5.41, 5.74) is 0.495. The zero-order valence-corrected chi connectivity index (χ0v) is 16.2. The Bertz CT molecular complexity index is 973. The molecule has 0 atom stereocenters. The molecule has 3 rings (SSSR count). The van der Waals surface area contributed by atoms with E-state index in [0.717, 1.165) is 6.07 Å². The number of nitrogens with zero attached hydrogens (tertiary/aromatic N) is 3. The van der Waals surface area contributed by atoms with Crippen molar-refractivity contribution in [3.63, 3.8) is 0 Å². The van der Waals surface area contributed by atoms with E-state index in [-0.39, 0.29) is 29.3 Å². The maximum absolute atomic E-state index is 12.8. The van der Waals surface area contributed by atoms with Gasteiger partial charge in [-0.1, -0.05) is 0 Å². The Balaban J connectivity index is 1.91. The zero-order valence-electron chi connectivity index (χ0n) is 16.2. The van der Waals surface area contributed by atoms with Crippen LogP contribution in [0.15, 0.2) is 36.4 Å². The van der Waals surface area contributed by atoms with Crippen LogP contribution in [0.25, 0.3) is 0 Å². The van der Waals surface area contributed by atoms with Crippen molar-refractivity contribution in [3.8, 4) is 5.75 Å². The third kappa shape index (κ3) is 4.63. The Morgan fingerprint density at radius 3 is 2.50 bits per heavy atom. The average Bonchev–Trinajstić information content (AvgIpc) is 2.74. The van der Waals surface area contributed by atoms with Crippen LogP contribution in [-0.2, 0) is 4.74 Å². The monoisotopic (exact) mass is 416 g/mol. The van der Waals surface area contributed by atoms with E-state index in [1.807, 2.05) is 4.90 Å². The van der Waals surface area contributed by atoms with Gasteiger partial charge in [0.15, 0.2) is 5.75 Å². The lowest BCUT2D eigenvalue weighted by molar-refractivity contribution is -0.385. The smallest absolute Gasteiger partial charge is 0.311 e. The highest BCUT2D eigenvalue weighted by molar-refractivity contribution is 6.06. The number of morpholine rings is 1. The van der Waals surface area contributed by atoms with Crippen LogP contribution < -0.4 is 15.0 Å². The van der Waals surface area contributed by atoms with Crippen LogP contribution in [0.4, 0.5) is 22.7 Å². The molecule has 11 nitrogen and oxygen atoms in total. The summed E-state index contributed by atoms with van der Waals surface area (Å²) in [7, 11) is 0. The first-order chi connectivity index (χ1) is 14.4. The van der Waals surface area contributed by atoms with E-state index in [4.69, 9.17) is 9.47 Å². The van der Waals surface area contributed by atoms with Gasteiger partial charge < -0.3 is 19.7 Å². The molecule has 1 N–H and O–H groups in total. The van der Waals surface area contributed by atoms with Crippen LogP contribution >= 0.6 is 0 Å². The quantitative estimate of drug-likeness (QED) is 0.537. The molecule has 2 aromatic carbocycles. The Morgan fingerprint density at radius 2 is 1.87 bits per heavy atom. The number of anilines is 2. The lowest BCUT2D eigenvalue weighted by Crippen LogP contribution is -2.36. The number of carbonyl (C=O) groups is 1. The van der Waals surface area contributed by atoms with E-state index in [2.05, 4.69) is 5.32 Å². The molecule has 0 saturated carbocycles. The van der Waals surface area contributed by atoms with Gasteiger partial charge in [-0.3, -0.25) is 25.0 Å². The lowest BCUT2D eigenvalue weighted by atomic mass is 10.1. The number of rotatable bonds is 7. The second-order valence-electron chi connectivity index (χ2n) is 6.38. The Morgan fingerprint density at radius 1 is 1.13 bits per heavy atom. The van der Waals surface area contributed by atoms with Gasteiger partial charge in [0, 0.05) is 36.9 Å². The highest BCUT2D eigenvalue weighted by Crippen LogP contribution is 2.32. The molecular weight excluding hydrogens is 396 g/mol. The fourth-order valence-corrected chi connectivity index (χ4v) is 3.08. The Kier molecular flexibility index (Phi) is 6.42. The number of benzene rings is 2. The van der Waals surface area contributed by atoms with E-state index in [1.165, 1.54) is 30.3 Å². The number of amides is 1. The van der Waals surface area contributed by atoms with Gasteiger partial charge in [-0.05, 0) is 25.1 Å². The molecule has 30 heavy (non-hydrogen) atoms. The number of ether oxygens (including phenoxy) is 2. The summed E-state index contributed by atoms with van der Waals surface area (Å²) in [5.74, 6) is -0.507. The van der Waals surface area contributed by atoms with Gasteiger partial charge in [0.05, 0.1) is 41.0 Å². The van der Waals surface area contributed by atoms with Crippen molar-refractivity contribution in [1.82, 2.24) is 0 Å². The van der Waals surface area contributed by atoms with Gasteiger partial charge in [0.1, 0.15) is 0 Å². The van der Waals surface area contributed by atoms with Gasteiger partial charge in [0.25, 0.3) is 11.6 Å². The molecule has 1 saturated heterocycles. The third-order valence-corrected chi connectivity index (χ3v) is 4.51. The van der Waals surface area contributed by atoms with Crippen LogP contribution in [0.1, 0.15) is 17.3 Å². The van der Waals surface area contributed by atoms with Crippen LogP contribution in [0.2, 0.25) is 0 Å². The number of non-ortho nitro benzene ring substituents is 1. The van der Waals surface area contributed by atoms with Crippen LogP contribution in [0.3, 0.4) is 0 Å². The summed E-state index contributed by atoms with van der Waals surface area (Å²) in [4.78, 5) is 36.0. The summed E-state index contributed by atoms with van der Waals surface area (Å²) >= 11 is 0. The molecule has 1 aliphatic rings. The molecule has 0 spiro atoms. The van der Waals surface area contributed by atoms with Crippen molar-refractivity contribution >= 4 is 28.7 Å². The molecule has 1 amide bonds. The second kappa shape index (κ2) is 9.18. The van der Waals surface area contributed by atoms with Crippen molar-refractivity contribution in [3.05, 3.63) is 62.2 Å². The summed E-state index contributed by atoms with van der Waals surface area (Å²) in [6, 6.07) is 8.06. The summed E-state index contributed by atoms with van der Waals surface area (Å²) in [6.45, 7) is 3.89. The predicted molar refractivity (Wildman–Crippen MR) is 108 cm³/mol. The first-order valence-electron chi connectivity index (χ1n) is 9.24. The average molecular weight is 416 g/mol. The molecular formula is C19H20N4O7. The number of hydrogen-bond acceptors (Lipinski definition) is 8. The lowest BCUT2D eigenvalue weighted by Gasteiger charge is -2.30. The maximum Gasteiger partial charge on any atom is 0.311 e. The number of nitro groups is 2. The molecule has 0 unspecified atom stereocenters. The van der Waals surface area contributed by atoms with Gasteiger partial charge in [-0.2, -0.15) is 0 Å². The number of nitrogens with one attached hydrogen (secondary N) is 1. The zero-order chi connectivity index (χ0) is 21.7. The van der Waals surface area contributed by atoms with Crippen LogP contribution in [0, 0.1) is 20.2 Å². The molecule has 11 heteroatoms. The van der Waals surface area contributed by atoms with Gasteiger partial charge in [-0.25, -0.2) is 0 Å². The first kappa shape index (κ1) is 21.0. The number of carbonyl (C=O) groups excluding carboxylic acids is 1. The van der Waals surface area contributed by atoms with Gasteiger partial charge >= 0.3 is 5.69 Å². The van der Waals surface area contributed by atoms with Crippen LogP contribution in [0.5, 0.6) is 5.75 Å². The molecule has 1 aliphatic heterocycles. The van der Waals surface area contributed by atoms with E-state index in [0.29, 0.717) is 37.7 Å². The van der Waals surface area contributed by atoms with Gasteiger partial charge in [0.2, 0.25) is 0 Å². The Hall–Kier alpha value is -3.73. The molecule has 2 aromatic rings. The van der Waals surface area contributed by atoms with Crippen molar-refractivity contribution in [2.75, 3.05) is 43.1 Å². The predicted octanol–water partition coefficient (Wildman–Crippen LogP) is 2.99. The molecule has 0 aliphatic carbocycles. The molecule has 158 valence electrons. The van der Waals surface area contributed by atoms with Gasteiger partial charge in [-0.15, -0.1) is 0 Å². The first-order valence-corrected chi connectivity index (χ1v) is 9.24. The molecule has 0 aromatic heterocycles. The molecule has 1 fully saturated rings. The van der Waals surface area contributed by atoms with E-state index in [1.54, 1.807) is 6.92 Å². The van der Waals surface area contributed by atoms with Crippen molar-refractivity contribution in [2.45, 2.75) is 6.92 Å². The maximum atomic E-state index is 12.8. The number of nitro benzene ring substituents is 2. The Labute approximate surface area is 171 Å². The SMILES string of the molecule is CCOc1ccc(C(=O)Nc2ccc([N+](=O)[O-])cc2N2CCOCC2)cc1[N+](=O)[O-].